The monoisotopic (exact) mass is 395 g/mol. The molecule has 4 rings (SSSR count). The van der Waals surface area contributed by atoms with Crippen LogP contribution >= 0.6 is 0 Å². The fourth-order valence-corrected chi connectivity index (χ4v) is 3.53. The highest BCUT2D eigenvalue weighted by molar-refractivity contribution is 5.80. The number of tetrazole rings is 1. The smallest absolute Gasteiger partial charge is 0.247 e. The van der Waals surface area contributed by atoms with Crippen LogP contribution in [0.2, 0.25) is 0 Å². The van der Waals surface area contributed by atoms with Crippen LogP contribution in [0.5, 0.6) is 0 Å². The van der Waals surface area contributed by atoms with Crippen molar-refractivity contribution in [1.82, 2.24) is 25.5 Å². The standard InChI is InChI=1S/C21H22FN5O2/c1-15(27-25-19(24-26-27)16-6-3-2-4-7-16)20(28)23-21(10-12-29-13-11-21)17-8-5-9-18(22)14-17/h2-9,14-15H,10-13H2,1H3,(H,23,28). The summed E-state index contributed by atoms with van der Waals surface area (Å²) >= 11 is 0. The Kier molecular flexibility index (Phi) is 5.35. The second-order valence-electron chi connectivity index (χ2n) is 7.17. The van der Waals surface area contributed by atoms with E-state index in [1.807, 2.05) is 36.4 Å². The summed E-state index contributed by atoms with van der Waals surface area (Å²) in [6.07, 6.45) is 1.13. The van der Waals surface area contributed by atoms with Crippen molar-refractivity contribution < 1.29 is 13.9 Å². The van der Waals surface area contributed by atoms with E-state index in [0.29, 0.717) is 31.9 Å². The summed E-state index contributed by atoms with van der Waals surface area (Å²) in [6.45, 7) is 2.69. The second-order valence-corrected chi connectivity index (χ2v) is 7.17. The maximum absolute atomic E-state index is 13.8. The van der Waals surface area contributed by atoms with E-state index in [-0.39, 0.29) is 11.7 Å². The molecule has 3 aromatic rings. The van der Waals surface area contributed by atoms with Crippen molar-refractivity contribution in [2.75, 3.05) is 13.2 Å². The molecule has 2 heterocycles. The first-order chi connectivity index (χ1) is 14.1. The lowest BCUT2D eigenvalue weighted by molar-refractivity contribution is -0.128. The number of aromatic nitrogens is 4. The van der Waals surface area contributed by atoms with E-state index >= 15 is 0 Å². The molecule has 150 valence electrons. The van der Waals surface area contributed by atoms with Crippen LogP contribution in [-0.2, 0) is 15.1 Å². The number of hydrogen-bond acceptors (Lipinski definition) is 5. The molecule has 0 bridgehead atoms. The minimum absolute atomic E-state index is 0.256. The molecule has 1 saturated heterocycles. The van der Waals surface area contributed by atoms with Crippen LogP contribution in [0.15, 0.2) is 54.6 Å². The van der Waals surface area contributed by atoms with E-state index < -0.39 is 11.6 Å². The van der Waals surface area contributed by atoms with Crippen molar-refractivity contribution in [2.45, 2.75) is 31.3 Å². The first-order valence-corrected chi connectivity index (χ1v) is 9.58. The van der Waals surface area contributed by atoms with Crippen LogP contribution < -0.4 is 5.32 Å². The molecule has 2 aromatic carbocycles. The summed E-state index contributed by atoms with van der Waals surface area (Å²) in [7, 11) is 0. The molecular formula is C21H22FN5O2. The van der Waals surface area contributed by atoms with Gasteiger partial charge in [0.1, 0.15) is 11.9 Å². The van der Waals surface area contributed by atoms with Crippen molar-refractivity contribution in [2.24, 2.45) is 0 Å². The van der Waals surface area contributed by atoms with Gasteiger partial charge in [0, 0.05) is 18.8 Å². The van der Waals surface area contributed by atoms with E-state index in [0.717, 1.165) is 11.1 Å². The van der Waals surface area contributed by atoms with E-state index in [9.17, 15) is 9.18 Å². The molecule has 1 aliphatic rings. The maximum atomic E-state index is 13.8. The molecule has 1 amide bonds. The molecule has 1 fully saturated rings. The molecule has 1 aliphatic heterocycles. The largest absolute Gasteiger partial charge is 0.381 e. The third-order valence-corrected chi connectivity index (χ3v) is 5.27. The third-order valence-electron chi connectivity index (χ3n) is 5.27. The number of nitrogens with one attached hydrogen (secondary N) is 1. The van der Waals surface area contributed by atoms with E-state index in [1.54, 1.807) is 13.0 Å². The predicted octanol–water partition coefficient (Wildman–Crippen LogP) is 2.86. The molecule has 0 aliphatic carbocycles. The van der Waals surface area contributed by atoms with Gasteiger partial charge in [-0.1, -0.05) is 42.5 Å². The average Bonchev–Trinajstić information content (AvgIpc) is 3.25. The first kappa shape index (κ1) is 19.2. The number of amides is 1. The van der Waals surface area contributed by atoms with Crippen molar-refractivity contribution in [1.29, 1.82) is 0 Å². The SMILES string of the molecule is CC(C(=O)NC1(c2cccc(F)c2)CCOCC1)n1nnc(-c2ccccc2)n1. The average molecular weight is 395 g/mol. The summed E-state index contributed by atoms with van der Waals surface area (Å²) in [4.78, 5) is 14.3. The van der Waals surface area contributed by atoms with Gasteiger partial charge in [0.05, 0.1) is 5.54 Å². The van der Waals surface area contributed by atoms with E-state index in [1.165, 1.54) is 16.9 Å². The highest BCUT2D eigenvalue weighted by Crippen LogP contribution is 2.33. The van der Waals surface area contributed by atoms with Crippen LogP contribution in [0.4, 0.5) is 4.39 Å². The van der Waals surface area contributed by atoms with Gasteiger partial charge in [0.2, 0.25) is 11.7 Å². The molecular weight excluding hydrogens is 373 g/mol. The van der Waals surface area contributed by atoms with Gasteiger partial charge in [0.25, 0.3) is 0 Å². The topological polar surface area (TPSA) is 81.9 Å². The van der Waals surface area contributed by atoms with Gasteiger partial charge in [-0.2, -0.15) is 4.80 Å². The molecule has 1 unspecified atom stereocenters. The summed E-state index contributed by atoms with van der Waals surface area (Å²) in [5.74, 6) is -0.134. The molecule has 8 heteroatoms. The van der Waals surface area contributed by atoms with Gasteiger partial charge in [0.15, 0.2) is 0 Å². The Hall–Kier alpha value is -3.13. The molecule has 7 nitrogen and oxygen atoms in total. The highest BCUT2D eigenvalue weighted by Gasteiger charge is 2.37. The Bertz CT molecular complexity index is 986. The molecule has 1 N–H and O–H groups in total. The predicted molar refractivity (Wildman–Crippen MR) is 104 cm³/mol. The van der Waals surface area contributed by atoms with Gasteiger partial charge in [-0.3, -0.25) is 4.79 Å². The zero-order valence-electron chi connectivity index (χ0n) is 16.1. The van der Waals surface area contributed by atoms with Crippen LogP contribution in [0.1, 0.15) is 31.4 Å². The number of benzene rings is 2. The molecule has 1 aromatic heterocycles. The van der Waals surface area contributed by atoms with E-state index in [2.05, 4.69) is 20.7 Å². The normalized spacial score (nSPS) is 16.9. The van der Waals surface area contributed by atoms with Gasteiger partial charge in [-0.15, -0.1) is 10.2 Å². The third kappa shape index (κ3) is 4.02. The lowest BCUT2D eigenvalue weighted by Gasteiger charge is -2.39. The second kappa shape index (κ2) is 8.08. The zero-order chi connectivity index (χ0) is 20.3. The van der Waals surface area contributed by atoms with Crippen molar-refractivity contribution in [3.05, 3.63) is 66.0 Å². The van der Waals surface area contributed by atoms with Crippen LogP contribution in [0.3, 0.4) is 0 Å². The van der Waals surface area contributed by atoms with E-state index in [4.69, 9.17) is 4.74 Å². The molecule has 0 saturated carbocycles. The number of hydrogen-bond donors (Lipinski definition) is 1. The van der Waals surface area contributed by atoms with Crippen molar-refractivity contribution in [3.8, 4) is 11.4 Å². The Morgan fingerprint density at radius 1 is 1.17 bits per heavy atom. The first-order valence-electron chi connectivity index (χ1n) is 9.58. The fourth-order valence-electron chi connectivity index (χ4n) is 3.53. The molecule has 0 spiro atoms. The highest BCUT2D eigenvalue weighted by atomic mass is 19.1. The number of halogens is 1. The van der Waals surface area contributed by atoms with Gasteiger partial charge in [-0.25, -0.2) is 4.39 Å². The zero-order valence-corrected chi connectivity index (χ0v) is 16.1. The number of carbonyl (C=O) groups is 1. The quantitative estimate of drug-likeness (QED) is 0.718. The van der Waals surface area contributed by atoms with Gasteiger partial charge in [-0.05, 0) is 42.7 Å². The minimum Gasteiger partial charge on any atom is -0.381 e. The molecule has 0 radical (unpaired) electrons. The van der Waals surface area contributed by atoms with Crippen LogP contribution in [0.25, 0.3) is 11.4 Å². The number of carbonyl (C=O) groups excluding carboxylic acids is 1. The van der Waals surface area contributed by atoms with Gasteiger partial charge < -0.3 is 10.1 Å². The number of ether oxygens (including phenoxy) is 1. The van der Waals surface area contributed by atoms with Crippen molar-refractivity contribution >= 4 is 5.91 Å². The summed E-state index contributed by atoms with van der Waals surface area (Å²) in [5, 5.41) is 15.6. The van der Waals surface area contributed by atoms with Crippen LogP contribution in [-0.4, -0.2) is 39.3 Å². The summed E-state index contributed by atoms with van der Waals surface area (Å²) < 4.78 is 19.3. The summed E-state index contributed by atoms with van der Waals surface area (Å²) in [5.41, 5.74) is 0.874. The van der Waals surface area contributed by atoms with Crippen LogP contribution in [0, 0.1) is 5.82 Å². The van der Waals surface area contributed by atoms with Gasteiger partial charge >= 0.3 is 0 Å². The number of rotatable bonds is 5. The molecule has 1 atom stereocenters. The fraction of sp³-hybridized carbons (Fsp3) is 0.333. The minimum atomic E-state index is -0.686. The lowest BCUT2D eigenvalue weighted by atomic mass is 9.82. The maximum Gasteiger partial charge on any atom is 0.247 e. The summed E-state index contributed by atoms with van der Waals surface area (Å²) in [6, 6.07) is 15.1. The lowest BCUT2D eigenvalue weighted by Crippen LogP contribution is -2.51. The number of nitrogens with zero attached hydrogens (tertiary/aromatic N) is 4. The molecule has 29 heavy (non-hydrogen) atoms. The van der Waals surface area contributed by atoms with Crippen molar-refractivity contribution in [3.63, 3.8) is 0 Å². The Morgan fingerprint density at radius 3 is 2.66 bits per heavy atom. The Labute approximate surface area is 167 Å². The Morgan fingerprint density at radius 2 is 1.93 bits per heavy atom. The Balaban J connectivity index is 1.56.